The molecular weight excluding hydrogens is 422 g/mol. The number of ether oxygens (including phenoxy) is 2. The van der Waals surface area contributed by atoms with Gasteiger partial charge in [-0.2, -0.15) is 0 Å². The first-order chi connectivity index (χ1) is 15.5. The van der Waals surface area contributed by atoms with Gasteiger partial charge in [0, 0.05) is 17.2 Å². The van der Waals surface area contributed by atoms with E-state index in [-0.39, 0.29) is 5.56 Å². The molecule has 3 heterocycles. The number of carboxylic acids is 1. The second kappa shape index (κ2) is 8.52. The molecule has 4 aromatic rings. The largest absolute Gasteiger partial charge is 0.492 e. The van der Waals surface area contributed by atoms with Gasteiger partial charge in [-0.15, -0.1) is 11.3 Å². The van der Waals surface area contributed by atoms with Crippen LogP contribution in [0.3, 0.4) is 0 Å². The smallest absolute Gasteiger partial charge is 0.336 e. The molecule has 2 aromatic heterocycles. The minimum atomic E-state index is -0.978. The lowest BCUT2D eigenvalue weighted by molar-refractivity contribution is 0.0354. The zero-order valence-electron chi connectivity index (χ0n) is 18.2. The molecule has 1 atom stereocenters. The van der Waals surface area contributed by atoms with E-state index in [9.17, 15) is 9.90 Å². The number of thiophene rings is 1. The van der Waals surface area contributed by atoms with E-state index in [1.54, 1.807) is 17.4 Å². The standard InChI is InChI=1S/C26H25NO4S/c1-15-9-10-21(31-14-17-6-5-11-30-13-17)23-19(26(28)29)12-20(27-24(15)23)25-16(2)18-7-3-4-8-22(18)32-25/h3-4,7-10,12,17H,5-6,11,13-14H2,1-2H3,(H,28,29)/t17-/m0/s1. The van der Waals surface area contributed by atoms with E-state index in [0.717, 1.165) is 35.5 Å². The third-order valence-corrected chi connectivity index (χ3v) is 7.46. The van der Waals surface area contributed by atoms with E-state index in [1.165, 1.54) is 10.1 Å². The van der Waals surface area contributed by atoms with Crippen LogP contribution in [0.5, 0.6) is 5.75 Å². The molecule has 164 valence electrons. The van der Waals surface area contributed by atoms with Crippen LogP contribution in [0.1, 0.15) is 34.3 Å². The van der Waals surface area contributed by atoms with Gasteiger partial charge in [0.05, 0.1) is 40.3 Å². The predicted octanol–water partition coefficient (Wildman–Crippen LogP) is 6.24. The molecule has 5 nitrogen and oxygen atoms in total. The van der Waals surface area contributed by atoms with Crippen LogP contribution in [0.2, 0.25) is 0 Å². The number of aryl methyl sites for hydroxylation is 2. The highest BCUT2D eigenvalue weighted by Gasteiger charge is 2.22. The first-order valence-corrected chi connectivity index (χ1v) is 11.7. The summed E-state index contributed by atoms with van der Waals surface area (Å²) >= 11 is 1.64. The van der Waals surface area contributed by atoms with Crippen LogP contribution in [0, 0.1) is 19.8 Å². The molecular formula is C26H25NO4S. The number of pyridine rings is 1. The minimum absolute atomic E-state index is 0.223. The maximum atomic E-state index is 12.3. The predicted molar refractivity (Wildman–Crippen MR) is 128 cm³/mol. The Morgan fingerprint density at radius 1 is 1.25 bits per heavy atom. The number of benzene rings is 2. The second-order valence-corrected chi connectivity index (χ2v) is 9.46. The molecule has 1 saturated heterocycles. The molecule has 6 heteroatoms. The lowest BCUT2D eigenvalue weighted by Gasteiger charge is -2.23. The number of hydrogen-bond donors (Lipinski definition) is 1. The zero-order chi connectivity index (χ0) is 22.2. The van der Waals surface area contributed by atoms with Crippen molar-refractivity contribution in [1.29, 1.82) is 0 Å². The Morgan fingerprint density at radius 3 is 2.84 bits per heavy atom. The number of carboxylic acid groups (broad SMARTS) is 1. The van der Waals surface area contributed by atoms with E-state index in [1.807, 2.05) is 31.2 Å². The third kappa shape index (κ3) is 3.74. The summed E-state index contributed by atoms with van der Waals surface area (Å²) in [7, 11) is 0. The Hall–Kier alpha value is -2.96. The zero-order valence-corrected chi connectivity index (χ0v) is 19.0. The summed E-state index contributed by atoms with van der Waals surface area (Å²) in [5.41, 5.74) is 3.64. The van der Waals surface area contributed by atoms with Gasteiger partial charge < -0.3 is 14.6 Å². The van der Waals surface area contributed by atoms with Gasteiger partial charge in [-0.3, -0.25) is 0 Å². The number of hydrogen-bond acceptors (Lipinski definition) is 5. The summed E-state index contributed by atoms with van der Waals surface area (Å²) in [6, 6.07) is 13.7. The van der Waals surface area contributed by atoms with E-state index in [2.05, 4.69) is 19.1 Å². The van der Waals surface area contributed by atoms with Crippen molar-refractivity contribution in [3.63, 3.8) is 0 Å². The monoisotopic (exact) mass is 447 g/mol. The summed E-state index contributed by atoms with van der Waals surface area (Å²) in [6.07, 6.45) is 2.09. The SMILES string of the molecule is Cc1c(-c2cc(C(=O)O)c3c(OC[C@H]4CCCOC4)ccc(C)c3n2)sc2ccccc12. The highest BCUT2D eigenvalue weighted by atomic mass is 32.1. The lowest BCUT2D eigenvalue weighted by atomic mass is 10.0. The Balaban J connectivity index is 1.63. The normalized spacial score (nSPS) is 16.5. The van der Waals surface area contributed by atoms with Crippen molar-refractivity contribution >= 4 is 38.3 Å². The molecule has 0 aliphatic carbocycles. The second-order valence-electron chi connectivity index (χ2n) is 8.41. The van der Waals surface area contributed by atoms with Gasteiger partial charge in [0.25, 0.3) is 0 Å². The van der Waals surface area contributed by atoms with Crippen molar-refractivity contribution in [2.45, 2.75) is 26.7 Å². The number of nitrogens with zero attached hydrogens (tertiary/aromatic N) is 1. The summed E-state index contributed by atoms with van der Waals surface area (Å²) < 4.78 is 12.9. The topological polar surface area (TPSA) is 68.7 Å². The van der Waals surface area contributed by atoms with Crippen molar-refractivity contribution < 1.29 is 19.4 Å². The van der Waals surface area contributed by atoms with Crippen LogP contribution in [0.25, 0.3) is 31.6 Å². The number of rotatable bonds is 5. The van der Waals surface area contributed by atoms with Gasteiger partial charge >= 0.3 is 5.97 Å². The maximum absolute atomic E-state index is 12.3. The maximum Gasteiger partial charge on any atom is 0.336 e. The molecule has 0 saturated carbocycles. The van der Waals surface area contributed by atoms with Crippen LogP contribution < -0.4 is 4.74 Å². The number of fused-ring (bicyclic) bond motifs is 2. The average Bonchev–Trinajstić information content (AvgIpc) is 3.15. The fraction of sp³-hybridized carbons (Fsp3) is 0.308. The number of carbonyl (C=O) groups is 1. The minimum Gasteiger partial charge on any atom is -0.492 e. The Morgan fingerprint density at radius 2 is 2.09 bits per heavy atom. The number of aromatic nitrogens is 1. The highest BCUT2D eigenvalue weighted by molar-refractivity contribution is 7.22. The molecule has 1 aliphatic heterocycles. The van der Waals surface area contributed by atoms with Crippen molar-refractivity contribution in [3.05, 3.63) is 59.2 Å². The van der Waals surface area contributed by atoms with Crippen LogP contribution >= 0.6 is 11.3 Å². The number of aromatic carboxylic acids is 1. The van der Waals surface area contributed by atoms with Crippen LogP contribution in [0.4, 0.5) is 0 Å². The first-order valence-electron chi connectivity index (χ1n) is 10.9. The molecule has 2 aromatic carbocycles. The highest BCUT2D eigenvalue weighted by Crippen LogP contribution is 2.40. The molecule has 0 spiro atoms. The van der Waals surface area contributed by atoms with Gasteiger partial charge in [0.2, 0.25) is 0 Å². The molecule has 0 bridgehead atoms. The summed E-state index contributed by atoms with van der Waals surface area (Å²) in [6.45, 7) is 6.02. The molecule has 1 N–H and O–H groups in total. The van der Waals surface area contributed by atoms with Crippen LogP contribution in [0.15, 0.2) is 42.5 Å². The Bertz CT molecular complexity index is 1320. The van der Waals surface area contributed by atoms with Gasteiger partial charge in [-0.05, 0) is 61.4 Å². The van der Waals surface area contributed by atoms with Crippen molar-refractivity contribution in [1.82, 2.24) is 4.98 Å². The van der Waals surface area contributed by atoms with E-state index < -0.39 is 5.97 Å². The Kier molecular flexibility index (Phi) is 5.57. The first kappa shape index (κ1) is 20.9. The average molecular weight is 448 g/mol. The molecule has 1 fully saturated rings. The summed E-state index contributed by atoms with van der Waals surface area (Å²) in [4.78, 5) is 18.3. The molecule has 0 radical (unpaired) electrons. The molecule has 5 rings (SSSR count). The molecule has 1 aliphatic rings. The molecule has 32 heavy (non-hydrogen) atoms. The summed E-state index contributed by atoms with van der Waals surface area (Å²) in [5, 5.41) is 11.8. The van der Waals surface area contributed by atoms with E-state index in [4.69, 9.17) is 14.5 Å². The fourth-order valence-electron chi connectivity index (χ4n) is 4.41. The fourth-order valence-corrected chi connectivity index (χ4v) is 5.58. The van der Waals surface area contributed by atoms with Gasteiger partial charge in [0.15, 0.2) is 0 Å². The summed E-state index contributed by atoms with van der Waals surface area (Å²) in [5.74, 6) is -0.0867. The van der Waals surface area contributed by atoms with E-state index >= 15 is 0 Å². The van der Waals surface area contributed by atoms with Crippen LogP contribution in [-0.2, 0) is 4.74 Å². The van der Waals surface area contributed by atoms with Gasteiger partial charge in [-0.1, -0.05) is 24.3 Å². The lowest BCUT2D eigenvalue weighted by Crippen LogP contribution is -2.23. The van der Waals surface area contributed by atoms with Gasteiger partial charge in [0.1, 0.15) is 5.75 Å². The van der Waals surface area contributed by atoms with Crippen molar-refractivity contribution in [2.24, 2.45) is 5.92 Å². The van der Waals surface area contributed by atoms with E-state index in [0.29, 0.717) is 41.5 Å². The van der Waals surface area contributed by atoms with Gasteiger partial charge in [-0.25, -0.2) is 9.78 Å². The third-order valence-electron chi connectivity index (χ3n) is 6.16. The Labute approximate surface area is 190 Å². The molecule has 0 amide bonds. The van der Waals surface area contributed by atoms with Crippen molar-refractivity contribution in [3.8, 4) is 16.3 Å². The molecule has 0 unspecified atom stereocenters. The quantitative estimate of drug-likeness (QED) is 0.392. The van der Waals surface area contributed by atoms with Crippen LogP contribution in [-0.4, -0.2) is 35.9 Å². The van der Waals surface area contributed by atoms with Crippen molar-refractivity contribution in [2.75, 3.05) is 19.8 Å².